The van der Waals surface area contributed by atoms with E-state index in [9.17, 15) is 13.2 Å². The molecule has 0 N–H and O–H groups in total. The van der Waals surface area contributed by atoms with Crippen molar-refractivity contribution in [3.8, 4) is 5.75 Å². The zero-order valence-corrected chi connectivity index (χ0v) is 14.3. The zero-order chi connectivity index (χ0) is 15.3. The first-order valence-electron chi connectivity index (χ1n) is 6.32. The number of ketones is 1. The second-order valence-corrected chi connectivity index (χ2v) is 8.09. The molecule has 0 fully saturated rings. The van der Waals surface area contributed by atoms with Crippen molar-refractivity contribution in [2.45, 2.75) is 20.3 Å². The minimum atomic E-state index is -3.35. The van der Waals surface area contributed by atoms with Crippen molar-refractivity contribution in [2.24, 2.45) is 5.92 Å². The third-order valence-corrected chi connectivity index (χ3v) is 5.01. The molecule has 0 radical (unpaired) electrons. The van der Waals surface area contributed by atoms with Crippen LogP contribution >= 0.6 is 15.9 Å². The molecule has 0 aliphatic carbocycles. The maximum atomic E-state index is 12.0. The molecule has 0 heterocycles. The van der Waals surface area contributed by atoms with Crippen LogP contribution < -0.4 is 4.74 Å². The summed E-state index contributed by atoms with van der Waals surface area (Å²) in [6.45, 7) is 3.91. The lowest BCUT2D eigenvalue weighted by molar-refractivity contribution is 0.102. The molecule has 0 spiro atoms. The van der Waals surface area contributed by atoms with Gasteiger partial charge < -0.3 is 4.74 Å². The molecular weight excluding hydrogens is 344 g/mol. The Morgan fingerprint density at radius 3 is 2.50 bits per heavy atom. The third-order valence-electron chi connectivity index (χ3n) is 2.83. The van der Waals surface area contributed by atoms with E-state index in [1.54, 1.807) is 18.2 Å². The fourth-order valence-corrected chi connectivity index (χ4v) is 3.69. The van der Waals surface area contributed by atoms with E-state index in [0.29, 0.717) is 28.1 Å². The molecule has 1 aromatic rings. The molecule has 0 saturated heterocycles. The van der Waals surface area contributed by atoms with E-state index in [1.807, 2.05) is 13.8 Å². The molecule has 112 valence electrons. The molecule has 0 aliphatic heterocycles. The monoisotopic (exact) mass is 362 g/mol. The average Bonchev–Trinajstić information content (AvgIpc) is 2.36. The van der Waals surface area contributed by atoms with Crippen LogP contribution in [0.5, 0.6) is 5.75 Å². The molecule has 6 heteroatoms. The molecule has 0 unspecified atom stereocenters. The number of rotatable bonds is 7. The van der Waals surface area contributed by atoms with Crippen molar-refractivity contribution in [3.63, 3.8) is 0 Å². The number of carbonyl (C=O) groups is 1. The minimum absolute atomic E-state index is 0.0493. The first-order valence-corrected chi connectivity index (χ1v) is 8.94. The van der Waals surface area contributed by atoms with Crippen LogP contribution in [0.2, 0.25) is 0 Å². The largest absolute Gasteiger partial charge is 0.496 e. The van der Waals surface area contributed by atoms with Gasteiger partial charge in [-0.05, 0) is 46.5 Å². The van der Waals surface area contributed by atoms with Crippen molar-refractivity contribution in [3.05, 3.63) is 28.2 Å². The van der Waals surface area contributed by atoms with Gasteiger partial charge in [-0.25, -0.2) is 8.42 Å². The van der Waals surface area contributed by atoms with Crippen LogP contribution in [0.15, 0.2) is 22.7 Å². The van der Waals surface area contributed by atoms with Crippen molar-refractivity contribution >= 4 is 31.6 Å². The predicted octanol–water partition coefficient (Wildman–Crippen LogP) is 3.10. The Balaban J connectivity index is 2.78. The van der Waals surface area contributed by atoms with Crippen molar-refractivity contribution < 1.29 is 17.9 Å². The van der Waals surface area contributed by atoms with E-state index in [4.69, 9.17) is 4.74 Å². The van der Waals surface area contributed by atoms with Crippen LogP contribution in [0.1, 0.15) is 30.6 Å². The van der Waals surface area contributed by atoms with Gasteiger partial charge in [0.1, 0.15) is 11.5 Å². The number of benzene rings is 1. The average molecular weight is 363 g/mol. The molecule has 20 heavy (non-hydrogen) atoms. The molecule has 1 aromatic carbocycles. The Labute approximate surface area is 128 Å². The molecular formula is C14H19BrO4S. The van der Waals surface area contributed by atoms with Gasteiger partial charge in [0.2, 0.25) is 0 Å². The lowest BCUT2D eigenvalue weighted by Crippen LogP contribution is -2.20. The van der Waals surface area contributed by atoms with Gasteiger partial charge in [-0.2, -0.15) is 0 Å². The number of Topliss-reactive ketones (excluding diaryl/α,β-unsaturated/α-hetero) is 1. The van der Waals surface area contributed by atoms with Crippen LogP contribution in [0, 0.1) is 5.92 Å². The Kier molecular flexibility index (Phi) is 6.20. The number of carbonyl (C=O) groups excluding carboxylic acids is 1. The molecule has 1 rings (SSSR count). The quantitative estimate of drug-likeness (QED) is 0.699. The van der Waals surface area contributed by atoms with E-state index in [0.717, 1.165) is 0 Å². The number of ether oxygens (including phenoxy) is 1. The fourth-order valence-electron chi connectivity index (χ4n) is 1.61. The van der Waals surface area contributed by atoms with Gasteiger partial charge in [-0.15, -0.1) is 0 Å². The summed E-state index contributed by atoms with van der Waals surface area (Å²) in [5.74, 6) is 0.114. The topological polar surface area (TPSA) is 60.4 Å². The molecule has 0 aliphatic rings. The van der Waals surface area contributed by atoms with Gasteiger partial charge in [-0.3, -0.25) is 4.79 Å². The highest BCUT2D eigenvalue weighted by Gasteiger charge is 2.19. The number of halogens is 1. The Morgan fingerprint density at radius 2 is 2.00 bits per heavy atom. The van der Waals surface area contributed by atoms with E-state index in [-0.39, 0.29) is 5.75 Å². The molecule has 0 amide bonds. The normalized spacial score (nSPS) is 11.7. The summed E-state index contributed by atoms with van der Waals surface area (Å²) in [6.07, 6.45) is 0.571. The van der Waals surface area contributed by atoms with Gasteiger partial charge in [-0.1, -0.05) is 13.8 Å². The molecule has 0 bridgehead atoms. The van der Waals surface area contributed by atoms with Crippen LogP contribution in [0.25, 0.3) is 0 Å². The van der Waals surface area contributed by atoms with Crippen LogP contribution in [-0.4, -0.2) is 32.8 Å². The van der Waals surface area contributed by atoms with Gasteiger partial charge in [0.05, 0.1) is 17.3 Å². The van der Waals surface area contributed by atoms with Gasteiger partial charge in [0, 0.05) is 5.56 Å². The number of hydrogen-bond donors (Lipinski definition) is 0. The molecule has 0 saturated carbocycles. The second-order valence-electron chi connectivity index (χ2n) is 5.05. The zero-order valence-electron chi connectivity index (χ0n) is 11.8. The van der Waals surface area contributed by atoms with E-state index in [2.05, 4.69) is 15.9 Å². The van der Waals surface area contributed by atoms with Crippen molar-refractivity contribution in [2.75, 3.05) is 18.6 Å². The summed E-state index contributed by atoms with van der Waals surface area (Å²) in [7, 11) is -1.82. The highest BCUT2D eigenvalue weighted by molar-refractivity contribution is 9.10. The summed E-state index contributed by atoms with van der Waals surface area (Å²) in [5.41, 5.74) is 0.366. The highest BCUT2D eigenvalue weighted by atomic mass is 79.9. The Hall–Kier alpha value is -0.880. The van der Waals surface area contributed by atoms with Crippen molar-refractivity contribution in [1.29, 1.82) is 0 Å². The third kappa shape index (κ3) is 5.25. The number of methoxy groups -OCH3 is 1. The maximum absolute atomic E-state index is 12.0. The molecule has 0 aromatic heterocycles. The van der Waals surface area contributed by atoms with E-state index < -0.39 is 21.4 Å². The molecule has 0 atom stereocenters. The Bertz CT molecular complexity index is 579. The maximum Gasteiger partial charge on any atom is 0.177 e. The Morgan fingerprint density at radius 1 is 1.35 bits per heavy atom. The SMILES string of the molecule is COc1ccc(C(=O)CS(=O)(=O)CCC(C)C)cc1Br. The van der Waals surface area contributed by atoms with Gasteiger partial charge >= 0.3 is 0 Å². The van der Waals surface area contributed by atoms with Gasteiger partial charge in [0.15, 0.2) is 15.6 Å². The fraction of sp³-hybridized carbons (Fsp3) is 0.500. The number of sulfone groups is 1. The van der Waals surface area contributed by atoms with Gasteiger partial charge in [0.25, 0.3) is 0 Å². The first-order chi connectivity index (χ1) is 9.25. The second kappa shape index (κ2) is 7.22. The van der Waals surface area contributed by atoms with Crippen molar-refractivity contribution in [1.82, 2.24) is 0 Å². The summed E-state index contributed by atoms with van der Waals surface area (Å²) in [4.78, 5) is 12.0. The summed E-state index contributed by atoms with van der Waals surface area (Å²) < 4.78 is 29.4. The smallest absolute Gasteiger partial charge is 0.177 e. The highest BCUT2D eigenvalue weighted by Crippen LogP contribution is 2.25. The summed E-state index contributed by atoms with van der Waals surface area (Å²) in [5, 5.41) is 0. The molecule has 4 nitrogen and oxygen atoms in total. The summed E-state index contributed by atoms with van der Waals surface area (Å²) in [6, 6.07) is 4.79. The van der Waals surface area contributed by atoms with Crippen LogP contribution in [0.3, 0.4) is 0 Å². The standard InChI is InChI=1S/C14H19BrO4S/c1-10(2)6-7-20(17,18)9-13(16)11-4-5-14(19-3)12(15)8-11/h4-5,8,10H,6-7,9H2,1-3H3. The van der Waals surface area contributed by atoms with E-state index >= 15 is 0 Å². The van der Waals surface area contributed by atoms with Crippen LogP contribution in [0.4, 0.5) is 0 Å². The minimum Gasteiger partial charge on any atom is -0.496 e. The lowest BCUT2D eigenvalue weighted by Gasteiger charge is -2.08. The van der Waals surface area contributed by atoms with Crippen LogP contribution in [-0.2, 0) is 9.84 Å². The van der Waals surface area contributed by atoms with E-state index in [1.165, 1.54) is 7.11 Å². The summed E-state index contributed by atoms with van der Waals surface area (Å²) >= 11 is 3.28. The lowest BCUT2D eigenvalue weighted by atomic mass is 10.1. The number of hydrogen-bond acceptors (Lipinski definition) is 4. The first kappa shape index (κ1) is 17.2. The predicted molar refractivity (Wildman–Crippen MR) is 83.1 cm³/mol.